The van der Waals surface area contributed by atoms with Gasteiger partial charge in [0.05, 0.1) is 17.2 Å². The number of primary amides is 1. The van der Waals surface area contributed by atoms with Gasteiger partial charge in [-0.3, -0.25) is 9.48 Å². The van der Waals surface area contributed by atoms with E-state index in [1.54, 1.807) is 31.6 Å². The van der Waals surface area contributed by atoms with E-state index < -0.39 is 11.9 Å². The van der Waals surface area contributed by atoms with E-state index in [-0.39, 0.29) is 5.41 Å². The molecule has 1 aliphatic carbocycles. The largest absolute Gasteiger partial charge is 0.368 e. The van der Waals surface area contributed by atoms with Crippen LogP contribution in [0.1, 0.15) is 43.6 Å². The van der Waals surface area contributed by atoms with Crippen molar-refractivity contribution in [1.29, 1.82) is 0 Å². The van der Waals surface area contributed by atoms with Crippen molar-refractivity contribution in [3.8, 4) is 11.5 Å². The summed E-state index contributed by atoms with van der Waals surface area (Å²) in [5.74, 6) is 0.518. The van der Waals surface area contributed by atoms with E-state index in [1.165, 1.54) is 4.68 Å². The van der Waals surface area contributed by atoms with Crippen molar-refractivity contribution < 1.29 is 9.32 Å². The van der Waals surface area contributed by atoms with Crippen molar-refractivity contribution in [2.75, 3.05) is 0 Å². The fourth-order valence-corrected chi connectivity index (χ4v) is 3.27. The Bertz CT molecular complexity index is 944. The van der Waals surface area contributed by atoms with Crippen molar-refractivity contribution in [2.45, 2.75) is 37.6 Å². The van der Waals surface area contributed by atoms with E-state index in [0.29, 0.717) is 22.4 Å². The molecule has 0 spiro atoms. The zero-order chi connectivity index (χ0) is 18.3. The highest BCUT2D eigenvalue weighted by Gasteiger charge is 2.44. The van der Waals surface area contributed by atoms with Crippen LogP contribution in [0.2, 0.25) is 5.15 Å². The van der Waals surface area contributed by atoms with E-state index in [4.69, 9.17) is 21.9 Å². The van der Waals surface area contributed by atoms with Gasteiger partial charge in [-0.05, 0) is 31.4 Å². The standard InChI is InChI=1S/C17H17ClN6O2/c1-10(14(19)25)24-9-11(7-21-24)15-22-16(23-26-15)17(5-2-6-17)12-3-4-13(18)20-8-12/h3-4,7-10H,2,5-6H2,1H3,(H2,19,25). The van der Waals surface area contributed by atoms with Gasteiger partial charge in [-0.2, -0.15) is 10.1 Å². The molecule has 1 saturated carbocycles. The summed E-state index contributed by atoms with van der Waals surface area (Å²) < 4.78 is 6.93. The molecule has 2 N–H and O–H groups in total. The lowest BCUT2D eigenvalue weighted by Gasteiger charge is -2.39. The fraction of sp³-hybridized carbons (Fsp3) is 0.353. The Balaban J connectivity index is 1.65. The lowest BCUT2D eigenvalue weighted by Crippen LogP contribution is -2.36. The van der Waals surface area contributed by atoms with E-state index in [1.807, 2.05) is 6.07 Å². The number of carbonyl (C=O) groups is 1. The molecule has 0 saturated heterocycles. The molecule has 4 rings (SSSR count). The first kappa shape index (κ1) is 16.7. The molecule has 0 aliphatic heterocycles. The molecule has 0 aromatic carbocycles. The average molecular weight is 373 g/mol. The second kappa shape index (κ2) is 6.21. The van der Waals surface area contributed by atoms with Gasteiger partial charge >= 0.3 is 0 Å². The first-order valence-corrected chi connectivity index (χ1v) is 8.67. The molecular formula is C17H17ClN6O2. The first-order chi connectivity index (χ1) is 12.5. The number of hydrogen-bond acceptors (Lipinski definition) is 6. The zero-order valence-corrected chi connectivity index (χ0v) is 14.8. The van der Waals surface area contributed by atoms with Crippen LogP contribution < -0.4 is 5.73 Å². The first-order valence-electron chi connectivity index (χ1n) is 8.30. The van der Waals surface area contributed by atoms with Crippen LogP contribution in [-0.2, 0) is 10.2 Å². The molecule has 9 heteroatoms. The molecule has 3 heterocycles. The lowest BCUT2D eigenvalue weighted by molar-refractivity contribution is -0.120. The van der Waals surface area contributed by atoms with Gasteiger partial charge in [-0.25, -0.2) is 4.98 Å². The van der Waals surface area contributed by atoms with Crippen molar-refractivity contribution in [2.24, 2.45) is 5.73 Å². The fourth-order valence-electron chi connectivity index (χ4n) is 3.16. The molecule has 1 atom stereocenters. The zero-order valence-electron chi connectivity index (χ0n) is 14.1. The minimum atomic E-state index is -0.552. The highest BCUT2D eigenvalue weighted by atomic mass is 35.5. The van der Waals surface area contributed by atoms with Crippen LogP contribution in [0.4, 0.5) is 0 Å². The van der Waals surface area contributed by atoms with Gasteiger partial charge in [0.15, 0.2) is 5.82 Å². The third-order valence-corrected chi connectivity index (χ3v) is 5.22. The Kier molecular flexibility index (Phi) is 3.99. The molecule has 134 valence electrons. The van der Waals surface area contributed by atoms with Gasteiger partial charge in [0.25, 0.3) is 5.89 Å². The number of rotatable bonds is 5. The average Bonchev–Trinajstić information content (AvgIpc) is 3.24. The molecule has 0 radical (unpaired) electrons. The summed E-state index contributed by atoms with van der Waals surface area (Å²) in [5.41, 5.74) is 6.68. The molecule has 0 bridgehead atoms. The van der Waals surface area contributed by atoms with Crippen LogP contribution in [-0.4, -0.2) is 30.8 Å². The third kappa shape index (κ3) is 2.66. The summed E-state index contributed by atoms with van der Waals surface area (Å²) in [4.78, 5) is 20.1. The number of amides is 1. The van der Waals surface area contributed by atoms with Crippen LogP contribution >= 0.6 is 11.6 Å². The molecule has 8 nitrogen and oxygen atoms in total. The summed E-state index contributed by atoms with van der Waals surface area (Å²) in [6.45, 7) is 1.68. The number of aromatic nitrogens is 5. The molecule has 1 unspecified atom stereocenters. The number of nitrogens with zero attached hydrogens (tertiary/aromatic N) is 5. The maximum Gasteiger partial charge on any atom is 0.261 e. The molecule has 1 aliphatic rings. The molecule has 3 aromatic heterocycles. The van der Waals surface area contributed by atoms with Gasteiger partial charge < -0.3 is 10.3 Å². The van der Waals surface area contributed by atoms with Gasteiger partial charge in [-0.1, -0.05) is 29.2 Å². The Hall–Kier alpha value is -2.74. The number of hydrogen-bond donors (Lipinski definition) is 1. The Labute approximate surface area is 154 Å². The summed E-state index contributed by atoms with van der Waals surface area (Å²) in [6, 6.07) is 3.17. The number of pyridine rings is 1. The van der Waals surface area contributed by atoms with E-state index in [2.05, 4.69) is 20.2 Å². The second-order valence-electron chi connectivity index (χ2n) is 6.52. The van der Waals surface area contributed by atoms with Crippen LogP contribution in [0, 0.1) is 0 Å². The molecule has 3 aromatic rings. The quantitative estimate of drug-likeness (QED) is 0.688. The predicted octanol–water partition coefficient (Wildman–Crippen LogP) is 2.50. The highest BCUT2D eigenvalue weighted by Crippen LogP contribution is 2.48. The Morgan fingerprint density at radius 2 is 2.19 bits per heavy atom. The predicted molar refractivity (Wildman–Crippen MR) is 93.3 cm³/mol. The van der Waals surface area contributed by atoms with Crippen molar-refractivity contribution in [3.05, 3.63) is 47.3 Å². The maximum absolute atomic E-state index is 11.3. The lowest BCUT2D eigenvalue weighted by atomic mass is 9.64. The van der Waals surface area contributed by atoms with Crippen LogP contribution in [0.15, 0.2) is 35.2 Å². The van der Waals surface area contributed by atoms with Crippen molar-refractivity contribution >= 4 is 17.5 Å². The molecule has 1 amide bonds. The van der Waals surface area contributed by atoms with Gasteiger partial charge in [0.2, 0.25) is 5.91 Å². The summed E-state index contributed by atoms with van der Waals surface area (Å²) >= 11 is 5.90. The minimum Gasteiger partial charge on any atom is -0.368 e. The van der Waals surface area contributed by atoms with E-state index in [0.717, 1.165) is 24.8 Å². The summed E-state index contributed by atoms with van der Waals surface area (Å²) in [5, 5.41) is 8.80. The van der Waals surface area contributed by atoms with Gasteiger partial charge in [0.1, 0.15) is 11.2 Å². The van der Waals surface area contributed by atoms with E-state index in [9.17, 15) is 4.79 Å². The maximum atomic E-state index is 11.3. The smallest absolute Gasteiger partial charge is 0.261 e. The number of nitrogens with two attached hydrogens (primary N) is 1. The van der Waals surface area contributed by atoms with Crippen LogP contribution in [0.25, 0.3) is 11.5 Å². The summed E-state index contributed by atoms with van der Waals surface area (Å²) in [7, 11) is 0. The minimum absolute atomic E-state index is 0.296. The molecule has 1 fully saturated rings. The monoisotopic (exact) mass is 372 g/mol. The third-order valence-electron chi connectivity index (χ3n) is 5.00. The normalized spacial score (nSPS) is 16.8. The van der Waals surface area contributed by atoms with Crippen molar-refractivity contribution in [3.63, 3.8) is 0 Å². The molecular weight excluding hydrogens is 356 g/mol. The van der Waals surface area contributed by atoms with Gasteiger partial charge in [0, 0.05) is 12.4 Å². The van der Waals surface area contributed by atoms with Crippen molar-refractivity contribution in [1.82, 2.24) is 24.9 Å². The SMILES string of the molecule is CC(C(N)=O)n1cc(-c2nc(C3(c4ccc(Cl)nc4)CCC3)no2)cn1. The highest BCUT2D eigenvalue weighted by molar-refractivity contribution is 6.29. The molecule has 26 heavy (non-hydrogen) atoms. The second-order valence-corrected chi connectivity index (χ2v) is 6.90. The topological polar surface area (TPSA) is 113 Å². The Morgan fingerprint density at radius 1 is 1.38 bits per heavy atom. The van der Waals surface area contributed by atoms with Crippen LogP contribution in [0.5, 0.6) is 0 Å². The van der Waals surface area contributed by atoms with Gasteiger partial charge in [-0.15, -0.1) is 0 Å². The number of carbonyl (C=O) groups excluding carboxylic acids is 1. The van der Waals surface area contributed by atoms with Crippen LogP contribution in [0.3, 0.4) is 0 Å². The number of halogens is 1. The summed E-state index contributed by atoms with van der Waals surface area (Å²) in [6.07, 6.45) is 7.95. The Morgan fingerprint density at radius 3 is 2.81 bits per heavy atom. The van der Waals surface area contributed by atoms with E-state index >= 15 is 0 Å².